The minimum atomic E-state index is 0.0728. The third kappa shape index (κ3) is 3.87. The summed E-state index contributed by atoms with van der Waals surface area (Å²) in [7, 11) is 0. The van der Waals surface area contributed by atoms with E-state index >= 15 is 0 Å². The molecule has 2 aromatic rings. The van der Waals surface area contributed by atoms with Crippen molar-refractivity contribution in [2.24, 2.45) is 5.92 Å². The molecular formula is C19H28N6O. The van der Waals surface area contributed by atoms with Crippen LogP contribution in [0.25, 0.3) is 0 Å². The highest BCUT2D eigenvalue weighted by Crippen LogP contribution is 2.35. The lowest BCUT2D eigenvalue weighted by Crippen LogP contribution is -2.36. The van der Waals surface area contributed by atoms with Crippen LogP contribution >= 0.6 is 0 Å². The van der Waals surface area contributed by atoms with E-state index in [4.69, 9.17) is 0 Å². The Morgan fingerprint density at radius 1 is 1.15 bits per heavy atom. The smallest absolute Gasteiger partial charge is 0.253 e. The first kappa shape index (κ1) is 17.4. The lowest BCUT2D eigenvalue weighted by atomic mass is 9.96. The number of likely N-dealkylation sites (tertiary alicyclic amines) is 1. The van der Waals surface area contributed by atoms with Crippen molar-refractivity contribution in [2.45, 2.75) is 64.6 Å². The summed E-state index contributed by atoms with van der Waals surface area (Å²) in [5, 5.41) is 8.40. The largest absolute Gasteiger partial charge is 0.313 e. The zero-order valence-electron chi connectivity index (χ0n) is 15.7. The predicted molar refractivity (Wildman–Crippen MR) is 98.9 cm³/mol. The van der Waals surface area contributed by atoms with E-state index in [1.807, 2.05) is 6.33 Å². The molecule has 1 aliphatic carbocycles. The SMILES string of the molecule is CC(C)c1cc(=O)n(CC2CCN(Cc3nncn3C3CC3)CC2)cn1. The third-order valence-corrected chi connectivity index (χ3v) is 5.61. The molecule has 7 heteroatoms. The molecule has 1 saturated carbocycles. The molecule has 7 nitrogen and oxygen atoms in total. The normalized spacial score (nSPS) is 19.3. The van der Waals surface area contributed by atoms with E-state index in [0.29, 0.717) is 17.9 Å². The van der Waals surface area contributed by atoms with Crippen LogP contribution in [0.3, 0.4) is 0 Å². The number of nitrogens with zero attached hydrogens (tertiary/aromatic N) is 6. The van der Waals surface area contributed by atoms with E-state index in [1.165, 1.54) is 12.8 Å². The Hall–Kier alpha value is -2.02. The molecule has 0 aromatic carbocycles. The van der Waals surface area contributed by atoms with E-state index in [-0.39, 0.29) is 5.56 Å². The van der Waals surface area contributed by atoms with Crippen LogP contribution in [0.15, 0.2) is 23.5 Å². The van der Waals surface area contributed by atoms with Crippen molar-refractivity contribution in [1.82, 2.24) is 29.2 Å². The molecule has 1 aliphatic heterocycles. The standard InChI is InChI=1S/C19H28N6O/c1-14(2)17-9-19(26)24(12-20-17)10-15-5-7-23(8-6-15)11-18-22-21-13-25(18)16-3-4-16/h9,12-16H,3-8,10-11H2,1-2H3. The summed E-state index contributed by atoms with van der Waals surface area (Å²) in [5.41, 5.74) is 0.949. The molecule has 2 aromatic heterocycles. The maximum Gasteiger partial charge on any atom is 0.253 e. The summed E-state index contributed by atoms with van der Waals surface area (Å²) in [6.07, 6.45) is 8.32. The van der Waals surface area contributed by atoms with Crippen LogP contribution in [0, 0.1) is 5.92 Å². The Morgan fingerprint density at radius 2 is 1.92 bits per heavy atom. The molecule has 140 valence electrons. The van der Waals surface area contributed by atoms with E-state index in [9.17, 15) is 4.79 Å². The molecule has 2 aliphatic rings. The zero-order valence-corrected chi connectivity index (χ0v) is 15.7. The van der Waals surface area contributed by atoms with Crippen LogP contribution in [0.5, 0.6) is 0 Å². The van der Waals surface area contributed by atoms with Crippen molar-refractivity contribution >= 4 is 0 Å². The van der Waals surface area contributed by atoms with Gasteiger partial charge in [0.15, 0.2) is 0 Å². The molecule has 0 unspecified atom stereocenters. The molecule has 0 amide bonds. The van der Waals surface area contributed by atoms with Gasteiger partial charge in [-0.2, -0.15) is 0 Å². The number of rotatable bonds is 6. The molecule has 0 N–H and O–H groups in total. The van der Waals surface area contributed by atoms with E-state index in [1.54, 1.807) is 17.0 Å². The number of aromatic nitrogens is 5. The summed E-state index contributed by atoms with van der Waals surface area (Å²) in [4.78, 5) is 19.2. The van der Waals surface area contributed by atoms with Crippen molar-refractivity contribution in [3.05, 3.63) is 40.6 Å². The van der Waals surface area contributed by atoms with Gasteiger partial charge in [0.2, 0.25) is 0 Å². The van der Waals surface area contributed by atoms with Gasteiger partial charge in [0.1, 0.15) is 12.2 Å². The predicted octanol–water partition coefficient (Wildman–Crippen LogP) is 2.21. The molecule has 0 bridgehead atoms. The quantitative estimate of drug-likeness (QED) is 0.794. The van der Waals surface area contributed by atoms with Gasteiger partial charge in [0.05, 0.1) is 18.6 Å². The van der Waals surface area contributed by atoms with Gasteiger partial charge in [-0.1, -0.05) is 13.8 Å². The number of hydrogen-bond donors (Lipinski definition) is 0. The lowest BCUT2D eigenvalue weighted by molar-refractivity contribution is 0.161. The monoisotopic (exact) mass is 356 g/mol. The average Bonchev–Trinajstić information content (AvgIpc) is 3.37. The van der Waals surface area contributed by atoms with Gasteiger partial charge in [-0.25, -0.2) is 4.98 Å². The fourth-order valence-electron chi connectivity index (χ4n) is 3.74. The minimum Gasteiger partial charge on any atom is -0.313 e. The van der Waals surface area contributed by atoms with Crippen LogP contribution < -0.4 is 5.56 Å². The second-order valence-corrected chi connectivity index (χ2v) is 8.06. The van der Waals surface area contributed by atoms with Gasteiger partial charge in [0, 0.05) is 18.7 Å². The highest BCUT2D eigenvalue weighted by molar-refractivity contribution is 5.04. The van der Waals surface area contributed by atoms with E-state index in [0.717, 1.165) is 50.5 Å². The molecule has 0 radical (unpaired) electrons. The molecule has 3 heterocycles. The highest BCUT2D eigenvalue weighted by Gasteiger charge is 2.27. The number of hydrogen-bond acceptors (Lipinski definition) is 5. The molecule has 26 heavy (non-hydrogen) atoms. The summed E-state index contributed by atoms with van der Waals surface area (Å²) in [6, 6.07) is 2.32. The van der Waals surface area contributed by atoms with E-state index in [2.05, 4.69) is 38.5 Å². The van der Waals surface area contributed by atoms with Crippen molar-refractivity contribution in [3.8, 4) is 0 Å². The minimum absolute atomic E-state index is 0.0728. The molecule has 1 saturated heterocycles. The topological polar surface area (TPSA) is 68.8 Å². The third-order valence-electron chi connectivity index (χ3n) is 5.61. The van der Waals surface area contributed by atoms with Gasteiger partial charge < -0.3 is 4.57 Å². The summed E-state index contributed by atoms with van der Waals surface area (Å²) < 4.78 is 4.02. The maximum absolute atomic E-state index is 12.3. The van der Waals surface area contributed by atoms with Crippen LogP contribution in [-0.4, -0.2) is 42.3 Å². The van der Waals surface area contributed by atoms with Crippen LogP contribution in [0.4, 0.5) is 0 Å². The first-order valence-electron chi connectivity index (χ1n) is 9.77. The first-order valence-corrected chi connectivity index (χ1v) is 9.77. The van der Waals surface area contributed by atoms with Crippen molar-refractivity contribution < 1.29 is 0 Å². The highest BCUT2D eigenvalue weighted by atomic mass is 16.1. The van der Waals surface area contributed by atoms with Gasteiger partial charge in [-0.05, 0) is 50.6 Å². The zero-order chi connectivity index (χ0) is 18.1. The molecule has 2 fully saturated rings. The van der Waals surface area contributed by atoms with Crippen LogP contribution in [0.2, 0.25) is 0 Å². The Morgan fingerprint density at radius 3 is 2.58 bits per heavy atom. The van der Waals surface area contributed by atoms with Gasteiger partial charge in [-0.3, -0.25) is 14.3 Å². The van der Waals surface area contributed by atoms with Crippen molar-refractivity contribution in [1.29, 1.82) is 0 Å². The Bertz CT molecular complexity index is 798. The Labute approximate surface area is 154 Å². The van der Waals surface area contributed by atoms with Gasteiger partial charge >= 0.3 is 0 Å². The lowest BCUT2D eigenvalue weighted by Gasteiger charge is -2.31. The maximum atomic E-state index is 12.3. The molecule has 0 spiro atoms. The summed E-state index contributed by atoms with van der Waals surface area (Å²) in [6.45, 7) is 7.88. The Balaban J connectivity index is 1.31. The second kappa shape index (κ2) is 7.31. The summed E-state index contributed by atoms with van der Waals surface area (Å²) in [5.74, 6) is 1.92. The van der Waals surface area contributed by atoms with Crippen molar-refractivity contribution in [2.75, 3.05) is 13.1 Å². The van der Waals surface area contributed by atoms with Gasteiger partial charge in [0.25, 0.3) is 5.56 Å². The van der Waals surface area contributed by atoms with Crippen LogP contribution in [0.1, 0.15) is 63.0 Å². The fourth-order valence-corrected chi connectivity index (χ4v) is 3.74. The Kier molecular flexibility index (Phi) is 4.89. The molecule has 4 rings (SSSR count). The molecule has 0 atom stereocenters. The van der Waals surface area contributed by atoms with Gasteiger partial charge in [-0.15, -0.1) is 10.2 Å². The second-order valence-electron chi connectivity index (χ2n) is 8.06. The summed E-state index contributed by atoms with van der Waals surface area (Å²) >= 11 is 0. The van der Waals surface area contributed by atoms with E-state index < -0.39 is 0 Å². The fraction of sp³-hybridized carbons (Fsp3) is 0.684. The van der Waals surface area contributed by atoms with Crippen molar-refractivity contribution in [3.63, 3.8) is 0 Å². The van der Waals surface area contributed by atoms with Crippen LogP contribution in [-0.2, 0) is 13.1 Å². The number of piperidine rings is 1. The average molecular weight is 356 g/mol. The first-order chi connectivity index (χ1) is 12.6. The molecular weight excluding hydrogens is 328 g/mol.